The van der Waals surface area contributed by atoms with Gasteiger partial charge in [-0.3, -0.25) is 0 Å². The Bertz CT molecular complexity index is 583. The SMILES string of the molecule is Cc1nc(-c2ccc(CC(C)C)cc2)c(C(=O)O)[nH]1. The highest BCUT2D eigenvalue weighted by atomic mass is 16.4. The third-order valence-corrected chi connectivity index (χ3v) is 2.91. The quantitative estimate of drug-likeness (QED) is 0.884. The largest absolute Gasteiger partial charge is 0.477 e. The first-order chi connectivity index (χ1) is 8.97. The lowest BCUT2D eigenvalue weighted by Crippen LogP contribution is -1.99. The van der Waals surface area contributed by atoms with Crippen LogP contribution < -0.4 is 0 Å². The van der Waals surface area contributed by atoms with Gasteiger partial charge < -0.3 is 10.1 Å². The van der Waals surface area contributed by atoms with Crippen molar-refractivity contribution < 1.29 is 9.90 Å². The highest BCUT2D eigenvalue weighted by Gasteiger charge is 2.16. The van der Waals surface area contributed by atoms with Crippen molar-refractivity contribution in [1.82, 2.24) is 9.97 Å². The molecule has 0 aliphatic carbocycles. The Morgan fingerprint density at radius 3 is 2.47 bits per heavy atom. The predicted molar refractivity (Wildman–Crippen MR) is 74.3 cm³/mol. The molecule has 1 heterocycles. The summed E-state index contributed by atoms with van der Waals surface area (Å²) in [5, 5.41) is 9.14. The molecule has 0 aliphatic heterocycles. The van der Waals surface area contributed by atoms with Gasteiger partial charge in [0.25, 0.3) is 0 Å². The molecule has 100 valence electrons. The number of carboxylic acids is 1. The number of hydrogen-bond donors (Lipinski definition) is 2. The van der Waals surface area contributed by atoms with E-state index in [4.69, 9.17) is 5.11 Å². The third kappa shape index (κ3) is 3.02. The fourth-order valence-corrected chi connectivity index (χ4v) is 2.13. The average Bonchev–Trinajstić information content (AvgIpc) is 2.72. The molecule has 1 aromatic carbocycles. The zero-order chi connectivity index (χ0) is 14.0. The Kier molecular flexibility index (Phi) is 3.69. The van der Waals surface area contributed by atoms with Crippen LogP contribution in [0.15, 0.2) is 24.3 Å². The van der Waals surface area contributed by atoms with E-state index in [1.165, 1.54) is 5.56 Å². The number of carboxylic acid groups (broad SMARTS) is 1. The molecular weight excluding hydrogens is 240 g/mol. The predicted octanol–water partition coefficient (Wildman–Crippen LogP) is 3.28. The van der Waals surface area contributed by atoms with Crippen LogP contribution in [0.4, 0.5) is 0 Å². The lowest BCUT2D eigenvalue weighted by atomic mass is 10.0. The van der Waals surface area contributed by atoms with Crippen molar-refractivity contribution in [3.8, 4) is 11.3 Å². The van der Waals surface area contributed by atoms with Gasteiger partial charge in [0.2, 0.25) is 0 Å². The number of nitrogens with one attached hydrogen (secondary N) is 1. The first kappa shape index (κ1) is 13.3. The Morgan fingerprint density at radius 2 is 1.95 bits per heavy atom. The molecule has 0 saturated heterocycles. The molecule has 1 aromatic heterocycles. The molecule has 0 spiro atoms. The second-order valence-corrected chi connectivity index (χ2v) is 5.15. The lowest BCUT2D eigenvalue weighted by Gasteiger charge is -2.05. The molecular formula is C15H18N2O2. The third-order valence-electron chi connectivity index (χ3n) is 2.91. The number of aromatic carboxylic acids is 1. The minimum absolute atomic E-state index is 0.147. The molecule has 0 amide bonds. The van der Waals surface area contributed by atoms with Crippen molar-refractivity contribution in [2.45, 2.75) is 27.2 Å². The highest BCUT2D eigenvalue weighted by molar-refractivity contribution is 5.92. The second-order valence-electron chi connectivity index (χ2n) is 5.15. The van der Waals surface area contributed by atoms with Gasteiger partial charge in [-0.15, -0.1) is 0 Å². The van der Waals surface area contributed by atoms with Gasteiger partial charge in [0.1, 0.15) is 11.5 Å². The number of nitrogens with zero attached hydrogens (tertiary/aromatic N) is 1. The van der Waals surface area contributed by atoms with E-state index in [0.717, 1.165) is 12.0 Å². The maximum absolute atomic E-state index is 11.1. The van der Waals surface area contributed by atoms with Crippen molar-refractivity contribution in [1.29, 1.82) is 0 Å². The van der Waals surface area contributed by atoms with Crippen molar-refractivity contribution in [3.05, 3.63) is 41.3 Å². The number of aromatic amines is 1. The first-order valence-electron chi connectivity index (χ1n) is 6.36. The van der Waals surface area contributed by atoms with Crippen LogP contribution in [0.3, 0.4) is 0 Å². The molecule has 0 aliphatic rings. The number of aryl methyl sites for hydroxylation is 1. The van der Waals surface area contributed by atoms with Crippen LogP contribution in [0.5, 0.6) is 0 Å². The van der Waals surface area contributed by atoms with Crippen LogP contribution in [0.1, 0.15) is 35.7 Å². The molecule has 0 atom stereocenters. The maximum atomic E-state index is 11.1. The summed E-state index contributed by atoms with van der Waals surface area (Å²) in [6.07, 6.45) is 1.02. The number of imidazole rings is 1. The summed E-state index contributed by atoms with van der Waals surface area (Å²) in [6.45, 7) is 6.10. The number of benzene rings is 1. The minimum Gasteiger partial charge on any atom is -0.477 e. The minimum atomic E-state index is -0.984. The van der Waals surface area contributed by atoms with E-state index < -0.39 is 5.97 Å². The Morgan fingerprint density at radius 1 is 1.32 bits per heavy atom. The smallest absolute Gasteiger partial charge is 0.354 e. The van der Waals surface area contributed by atoms with E-state index in [1.807, 2.05) is 24.3 Å². The number of H-pyrrole nitrogens is 1. The molecule has 0 unspecified atom stereocenters. The van der Waals surface area contributed by atoms with Gasteiger partial charge >= 0.3 is 5.97 Å². The van der Waals surface area contributed by atoms with Crippen molar-refractivity contribution in [3.63, 3.8) is 0 Å². The highest BCUT2D eigenvalue weighted by Crippen LogP contribution is 2.22. The summed E-state index contributed by atoms with van der Waals surface area (Å²) < 4.78 is 0. The summed E-state index contributed by atoms with van der Waals surface area (Å²) in [5.74, 6) is 0.230. The van der Waals surface area contributed by atoms with E-state index in [0.29, 0.717) is 17.4 Å². The molecule has 0 fully saturated rings. The molecule has 2 aromatic rings. The normalized spacial score (nSPS) is 10.9. The maximum Gasteiger partial charge on any atom is 0.354 e. The van der Waals surface area contributed by atoms with Crippen molar-refractivity contribution in [2.75, 3.05) is 0 Å². The van der Waals surface area contributed by atoms with Gasteiger partial charge in [-0.05, 0) is 24.8 Å². The van der Waals surface area contributed by atoms with Crippen LogP contribution in [-0.4, -0.2) is 21.0 Å². The molecule has 4 nitrogen and oxygen atoms in total. The van der Waals surface area contributed by atoms with Gasteiger partial charge in [0.15, 0.2) is 5.69 Å². The van der Waals surface area contributed by atoms with E-state index in [-0.39, 0.29) is 5.69 Å². The van der Waals surface area contributed by atoms with Crippen LogP contribution in [0.2, 0.25) is 0 Å². The standard InChI is InChI=1S/C15H18N2O2/c1-9(2)8-11-4-6-12(7-5-11)13-14(15(18)19)17-10(3)16-13/h4-7,9H,8H2,1-3H3,(H,16,17)(H,18,19). The van der Waals surface area contributed by atoms with E-state index >= 15 is 0 Å². The van der Waals surface area contributed by atoms with Crippen molar-refractivity contribution in [2.24, 2.45) is 5.92 Å². The average molecular weight is 258 g/mol. The molecule has 2 rings (SSSR count). The zero-order valence-corrected chi connectivity index (χ0v) is 11.4. The van der Waals surface area contributed by atoms with Gasteiger partial charge in [-0.1, -0.05) is 38.1 Å². The number of rotatable bonds is 4. The van der Waals surface area contributed by atoms with Gasteiger partial charge in [0, 0.05) is 5.56 Å². The monoisotopic (exact) mass is 258 g/mol. The number of carbonyl (C=O) groups is 1. The van der Waals surface area contributed by atoms with Gasteiger partial charge in [-0.25, -0.2) is 9.78 Å². The van der Waals surface area contributed by atoms with Crippen LogP contribution >= 0.6 is 0 Å². The van der Waals surface area contributed by atoms with Gasteiger partial charge in [-0.2, -0.15) is 0 Å². The molecule has 2 N–H and O–H groups in total. The summed E-state index contributed by atoms with van der Waals surface area (Å²) in [5.41, 5.74) is 2.73. The van der Waals surface area contributed by atoms with Crippen LogP contribution in [0, 0.1) is 12.8 Å². The summed E-state index contributed by atoms with van der Waals surface area (Å²) in [4.78, 5) is 18.2. The van der Waals surface area contributed by atoms with Crippen molar-refractivity contribution >= 4 is 5.97 Å². The molecule has 19 heavy (non-hydrogen) atoms. The summed E-state index contributed by atoms with van der Waals surface area (Å²) >= 11 is 0. The fourth-order valence-electron chi connectivity index (χ4n) is 2.13. The van der Waals surface area contributed by atoms with E-state index in [2.05, 4.69) is 23.8 Å². The van der Waals surface area contributed by atoms with E-state index in [9.17, 15) is 4.79 Å². The summed E-state index contributed by atoms with van der Waals surface area (Å²) in [6, 6.07) is 7.93. The number of aromatic nitrogens is 2. The molecule has 0 saturated carbocycles. The second kappa shape index (κ2) is 5.26. The Balaban J connectivity index is 2.34. The van der Waals surface area contributed by atoms with Gasteiger partial charge in [0.05, 0.1) is 0 Å². The van der Waals surface area contributed by atoms with E-state index in [1.54, 1.807) is 6.92 Å². The van der Waals surface area contributed by atoms with Crippen LogP contribution in [-0.2, 0) is 6.42 Å². The van der Waals surface area contributed by atoms with Crippen LogP contribution in [0.25, 0.3) is 11.3 Å². The molecule has 4 heteroatoms. The zero-order valence-electron chi connectivity index (χ0n) is 11.4. The molecule has 0 bridgehead atoms. The number of hydrogen-bond acceptors (Lipinski definition) is 2. The fraction of sp³-hybridized carbons (Fsp3) is 0.333. The molecule has 0 radical (unpaired) electrons. The topological polar surface area (TPSA) is 66.0 Å². The lowest BCUT2D eigenvalue weighted by molar-refractivity contribution is 0.0692. The Hall–Kier alpha value is -2.10. The first-order valence-corrected chi connectivity index (χ1v) is 6.36. The summed E-state index contributed by atoms with van der Waals surface area (Å²) in [7, 11) is 0. The Labute approximate surface area is 112 Å².